The molecule has 0 unspecified atom stereocenters. The summed E-state index contributed by atoms with van der Waals surface area (Å²) in [5.41, 5.74) is 2.45. The Hall–Kier alpha value is -1.76. The molecule has 5 heteroatoms. The number of aryl methyl sites for hydroxylation is 1. The molecular formula is C19H22INO3. The molecule has 0 saturated carbocycles. The van der Waals surface area contributed by atoms with Crippen molar-refractivity contribution in [2.24, 2.45) is 0 Å². The van der Waals surface area contributed by atoms with Gasteiger partial charge in [-0.25, -0.2) is 0 Å². The predicted octanol–water partition coefficient (Wildman–Crippen LogP) is 5.04. The molecule has 0 fully saturated rings. The molecule has 0 saturated heterocycles. The van der Waals surface area contributed by atoms with Crippen LogP contribution in [0.25, 0.3) is 0 Å². The first-order chi connectivity index (χ1) is 11.4. The molecule has 128 valence electrons. The van der Waals surface area contributed by atoms with Crippen LogP contribution in [-0.4, -0.2) is 18.6 Å². The normalized spacial score (nSPS) is 10.6. The predicted molar refractivity (Wildman–Crippen MR) is 105 cm³/mol. The second-order valence-corrected chi connectivity index (χ2v) is 6.87. The van der Waals surface area contributed by atoms with Crippen LogP contribution in [0.4, 0.5) is 5.69 Å². The smallest absolute Gasteiger partial charge is 0.255 e. The molecule has 0 atom stereocenters. The third kappa shape index (κ3) is 4.87. The average molecular weight is 439 g/mol. The fraction of sp³-hybridized carbons (Fsp3) is 0.316. The van der Waals surface area contributed by atoms with E-state index in [-0.39, 0.29) is 12.0 Å². The second kappa shape index (κ2) is 8.37. The molecule has 0 spiro atoms. The lowest BCUT2D eigenvalue weighted by atomic mass is 10.1. The van der Waals surface area contributed by atoms with Crippen molar-refractivity contribution in [3.05, 3.63) is 51.1 Å². The molecule has 0 bridgehead atoms. The van der Waals surface area contributed by atoms with Gasteiger partial charge in [-0.1, -0.05) is 17.7 Å². The minimum absolute atomic E-state index is 0.00424. The maximum atomic E-state index is 12.5. The molecule has 1 N–H and O–H groups in total. The minimum atomic E-state index is -0.173. The molecule has 0 aromatic heterocycles. The number of carbonyl (C=O) groups excluding carboxylic acids is 1. The largest absolute Gasteiger partial charge is 0.489 e. The topological polar surface area (TPSA) is 47.6 Å². The standard InChI is InChI=1S/C19H22INO3/c1-5-23-18-16(20)10-14(11-17(18)24-12(2)3)19(22)21-15-8-6-13(4)7-9-15/h6-12H,5H2,1-4H3,(H,21,22). The lowest BCUT2D eigenvalue weighted by Gasteiger charge is -2.17. The van der Waals surface area contributed by atoms with Crippen molar-refractivity contribution in [2.75, 3.05) is 11.9 Å². The molecule has 0 aliphatic rings. The Morgan fingerprint density at radius 2 is 1.88 bits per heavy atom. The van der Waals surface area contributed by atoms with E-state index in [2.05, 4.69) is 27.9 Å². The lowest BCUT2D eigenvalue weighted by molar-refractivity contribution is 0.102. The molecule has 0 aliphatic carbocycles. The number of amides is 1. The fourth-order valence-corrected chi connectivity index (χ4v) is 2.92. The highest BCUT2D eigenvalue weighted by atomic mass is 127. The first-order valence-corrected chi connectivity index (χ1v) is 8.99. The first-order valence-electron chi connectivity index (χ1n) is 7.91. The van der Waals surface area contributed by atoms with Crippen LogP contribution in [0.1, 0.15) is 36.7 Å². The SMILES string of the molecule is CCOc1c(I)cc(C(=O)Nc2ccc(C)cc2)cc1OC(C)C. The van der Waals surface area contributed by atoms with Crippen LogP contribution < -0.4 is 14.8 Å². The molecule has 0 radical (unpaired) electrons. The molecule has 1 amide bonds. The van der Waals surface area contributed by atoms with Gasteiger partial charge in [-0.15, -0.1) is 0 Å². The molecule has 4 nitrogen and oxygen atoms in total. The maximum absolute atomic E-state index is 12.5. The number of carbonyl (C=O) groups is 1. The quantitative estimate of drug-likeness (QED) is 0.642. The number of ether oxygens (including phenoxy) is 2. The number of hydrogen-bond donors (Lipinski definition) is 1. The zero-order chi connectivity index (χ0) is 17.7. The van der Waals surface area contributed by atoms with Crippen molar-refractivity contribution in [1.82, 2.24) is 0 Å². The van der Waals surface area contributed by atoms with Gasteiger partial charge in [0.25, 0.3) is 5.91 Å². The van der Waals surface area contributed by atoms with Crippen molar-refractivity contribution in [3.8, 4) is 11.5 Å². The van der Waals surface area contributed by atoms with E-state index in [1.807, 2.05) is 58.0 Å². The Kier molecular flexibility index (Phi) is 6.48. The summed E-state index contributed by atoms with van der Waals surface area (Å²) in [4.78, 5) is 12.5. The van der Waals surface area contributed by atoms with Gasteiger partial charge in [0, 0.05) is 11.3 Å². The van der Waals surface area contributed by atoms with Gasteiger partial charge in [-0.3, -0.25) is 4.79 Å². The van der Waals surface area contributed by atoms with Crippen molar-refractivity contribution < 1.29 is 14.3 Å². The van der Waals surface area contributed by atoms with Crippen molar-refractivity contribution >= 4 is 34.2 Å². The zero-order valence-corrected chi connectivity index (χ0v) is 16.5. The summed E-state index contributed by atoms with van der Waals surface area (Å²) < 4.78 is 12.3. The minimum Gasteiger partial charge on any atom is -0.489 e. The second-order valence-electron chi connectivity index (χ2n) is 5.71. The van der Waals surface area contributed by atoms with E-state index in [1.165, 1.54) is 0 Å². The Morgan fingerprint density at radius 3 is 2.46 bits per heavy atom. The third-order valence-electron chi connectivity index (χ3n) is 3.23. The van der Waals surface area contributed by atoms with Crippen LogP contribution in [0, 0.1) is 10.5 Å². The monoisotopic (exact) mass is 439 g/mol. The van der Waals surface area contributed by atoms with Gasteiger partial charge in [-0.2, -0.15) is 0 Å². The molecule has 24 heavy (non-hydrogen) atoms. The summed E-state index contributed by atoms with van der Waals surface area (Å²) in [6.07, 6.45) is -0.00424. The van der Waals surface area contributed by atoms with E-state index in [9.17, 15) is 4.79 Å². The van der Waals surface area contributed by atoms with E-state index >= 15 is 0 Å². The summed E-state index contributed by atoms with van der Waals surface area (Å²) in [5.74, 6) is 1.10. The third-order valence-corrected chi connectivity index (χ3v) is 4.03. The van der Waals surface area contributed by atoms with E-state index in [0.29, 0.717) is 23.7 Å². The van der Waals surface area contributed by atoms with E-state index in [4.69, 9.17) is 9.47 Å². The highest BCUT2D eigenvalue weighted by Crippen LogP contribution is 2.35. The Morgan fingerprint density at radius 1 is 1.21 bits per heavy atom. The average Bonchev–Trinajstić information content (AvgIpc) is 2.52. The van der Waals surface area contributed by atoms with Gasteiger partial charge < -0.3 is 14.8 Å². The Balaban J connectivity index is 2.30. The van der Waals surface area contributed by atoms with Crippen LogP contribution in [0.3, 0.4) is 0 Å². The Bertz CT molecular complexity index is 711. The van der Waals surface area contributed by atoms with Crippen molar-refractivity contribution in [1.29, 1.82) is 0 Å². The molecule has 2 rings (SSSR count). The van der Waals surface area contributed by atoms with E-state index in [1.54, 1.807) is 6.07 Å². The van der Waals surface area contributed by atoms with Crippen molar-refractivity contribution in [3.63, 3.8) is 0 Å². The summed E-state index contributed by atoms with van der Waals surface area (Å²) >= 11 is 2.17. The van der Waals surface area contributed by atoms with Crippen molar-refractivity contribution in [2.45, 2.75) is 33.8 Å². The number of halogens is 1. The van der Waals surface area contributed by atoms with Gasteiger partial charge in [0.1, 0.15) is 0 Å². The summed E-state index contributed by atoms with van der Waals surface area (Å²) in [7, 11) is 0. The number of nitrogens with one attached hydrogen (secondary N) is 1. The number of benzene rings is 2. The molecule has 0 heterocycles. The molecule has 0 aliphatic heterocycles. The zero-order valence-electron chi connectivity index (χ0n) is 14.4. The van der Waals surface area contributed by atoms with E-state index < -0.39 is 0 Å². The van der Waals surface area contributed by atoms with Crippen LogP contribution in [0.2, 0.25) is 0 Å². The fourth-order valence-electron chi connectivity index (χ4n) is 2.17. The summed E-state index contributed by atoms with van der Waals surface area (Å²) in [6.45, 7) is 8.37. The van der Waals surface area contributed by atoms with E-state index in [0.717, 1.165) is 14.8 Å². The molecule has 2 aromatic rings. The molecule has 2 aromatic carbocycles. The van der Waals surface area contributed by atoms with Gasteiger partial charge in [0.05, 0.1) is 16.3 Å². The van der Waals surface area contributed by atoms with Crippen LogP contribution in [0.15, 0.2) is 36.4 Å². The highest BCUT2D eigenvalue weighted by Gasteiger charge is 2.17. The highest BCUT2D eigenvalue weighted by molar-refractivity contribution is 14.1. The van der Waals surface area contributed by atoms with Gasteiger partial charge in [0.2, 0.25) is 0 Å². The van der Waals surface area contributed by atoms with Crippen LogP contribution in [0.5, 0.6) is 11.5 Å². The number of anilines is 1. The van der Waals surface area contributed by atoms with Crippen LogP contribution >= 0.6 is 22.6 Å². The molecular weight excluding hydrogens is 417 g/mol. The van der Waals surface area contributed by atoms with Crippen LogP contribution in [-0.2, 0) is 0 Å². The number of rotatable bonds is 6. The van der Waals surface area contributed by atoms with Gasteiger partial charge in [0.15, 0.2) is 11.5 Å². The maximum Gasteiger partial charge on any atom is 0.255 e. The summed E-state index contributed by atoms with van der Waals surface area (Å²) in [6, 6.07) is 11.2. The number of hydrogen-bond acceptors (Lipinski definition) is 3. The van der Waals surface area contributed by atoms with Gasteiger partial charge >= 0.3 is 0 Å². The lowest BCUT2D eigenvalue weighted by Crippen LogP contribution is -2.14. The first kappa shape index (κ1) is 18.6. The van der Waals surface area contributed by atoms with Gasteiger partial charge in [-0.05, 0) is 74.6 Å². The Labute approximate surface area is 156 Å². The summed E-state index contributed by atoms with van der Waals surface area (Å²) in [5, 5.41) is 2.91.